The van der Waals surface area contributed by atoms with E-state index in [0.29, 0.717) is 25.3 Å². The molecule has 1 aromatic rings. The Bertz CT molecular complexity index is 417. The molecule has 0 radical (unpaired) electrons. The lowest BCUT2D eigenvalue weighted by Crippen LogP contribution is -2.35. The number of nitrogens with one attached hydrogen (secondary N) is 2. The van der Waals surface area contributed by atoms with E-state index in [4.69, 9.17) is 10.8 Å². The molecule has 1 rings (SSSR count). The van der Waals surface area contributed by atoms with Crippen LogP contribution < -0.4 is 16.4 Å². The summed E-state index contributed by atoms with van der Waals surface area (Å²) in [5.41, 5.74) is 7.31. The van der Waals surface area contributed by atoms with Gasteiger partial charge in [0.1, 0.15) is 0 Å². The Morgan fingerprint density at radius 2 is 2.05 bits per heavy atom. The maximum absolute atomic E-state index is 11.1. The zero-order chi connectivity index (χ0) is 14.8. The topological polar surface area (TPSA) is 90.6 Å². The second kappa shape index (κ2) is 9.65. The molecular weight excluding hydrogens is 371 g/mol. The van der Waals surface area contributed by atoms with Crippen LogP contribution in [0.5, 0.6) is 0 Å². The highest BCUT2D eigenvalue weighted by atomic mass is 127. The quantitative estimate of drug-likeness (QED) is 0.170. The third-order valence-corrected chi connectivity index (χ3v) is 3.34. The number of para-hydroxylation sites is 2. The van der Waals surface area contributed by atoms with Gasteiger partial charge in [0.2, 0.25) is 0 Å². The number of carbonyl (C=O) groups is 1. The van der Waals surface area contributed by atoms with Crippen LogP contribution in [0.2, 0.25) is 0 Å². The van der Waals surface area contributed by atoms with Gasteiger partial charge in [-0.1, -0.05) is 34.7 Å². The number of nitrogens with zero attached hydrogens (tertiary/aromatic N) is 1. The molecule has 0 aliphatic carbocycles. The Labute approximate surface area is 132 Å². The van der Waals surface area contributed by atoms with E-state index in [9.17, 15) is 4.79 Å². The van der Waals surface area contributed by atoms with Crippen LogP contribution in [0.3, 0.4) is 0 Å². The lowest BCUT2D eigenvalue weighted by Gasteiger charge is -2.20. The molecule has 5 N–H and O–H groups in total. The van der Waals surface area contributed by atoms with Gasteiger partial charge in [-0.15, -0.1) is 0 Å². The SMILES string of the molecule is Nc1ccccc1NCCN(CCCNCI)C(=O)O. The lowest BCUT2D eigenvalue weighted by atomic mass is 10.2. The predicted octanol–water partition coefficient (Wildman–Crippen LogP) is 2.03. The summed E-state index contributed by atoms with van der Waals surface area (Å²) >= 11 is 2.23. The van der Waals surface area contributed by atoms with E-state index in [1.807, 2.05) is 24.3 Å². The minimum atomic E-state index is -0.887. The van der Waals surface area contributed by atoms with Gasteiger partial charge < -0.3 is 26.4 Å². The molecule has 112 valence electrons. The van der Waals surface area contributed by atoms with Crippen molar-refractivity contribution in [1.82, 2.24) is 10.2 Å². The van der Waals surface area contributed by atoms with Crippen molar-refractivity contribution in [3.8, 4) is 0 Å². The van der Waals surface area contributed by atoms with E-state index in [-0.39, 0.29) is 0 Å². The first-order valence-corrected chi connectivity index (χ1v) is 8.00. The molecule has 1 amide bonds. The number of anilines is 2. The summed E-state index contributed by atoms with van der Waals surface area (Å²) in [6, 6.07) is 7.45. The van der Waals surface area contributed by atoms with E-state index in [0.717, 1.165) is 23.2 Å². The Hall–Kier alpha value is -1.22. The van der Waals surface area contributed by atoms with Gasteiger partial charge in [-0.05, 0) is 25.1 Å². The number of nitrogen functional groups attached to an aromatic ring is 1. The molecule has 0 aromatic heterocycles. The number of hydrogen-bond acceptors (Lipinski definition) is 4. The smallest absolute Gasteiger partial charge is 0.407 e. The van der Waals surface area contributed by atoms with E-state index in [2.05, 4.69) is 33.2 Å². The molecule has 0 fully saturated rings. The zero-order valence-electron chi connectivity index (χ0n) is 11.3. The van der Waals surface area contributed by atoms with E-state index < -0.39 is 6.09 Å². The normalized spacial score (nSPS) is 10.2. The van der Waals surface area contributed by atoms with E-state index >= 15 is 0 Å². The Morgan fingerprint density at radius 1 is 1.30 bits per heavy atom. The summed E-state index contributed by atoms with van der Waals surface area (Å²) in [6.45, 7) is 2.34. The fraction of sp³-hybridized carbons (Fsp3) is 0.462. The number of amides is 1. The van der Waals surface area contributed by atoms with Crippen LogP contribution in [0.25, 0.3) is 0 Å². The summed E-state index contributed by atoms with van der Waals surface area (Å²) in [6.07, 6.45) is -0.0784. The summed E-state index contributed by atoms with van der Waals surface area (Å²) < 4.78 is 0.875. The van der Waals surface area contributed by atoms with E-state index in [1.54, 1.807) is 0 Å². The summed E-state index contributed by atoms with van der Waals surface area (Å²) in [4.78, 5) is 12.5. The Balaban J connectivity index is 2.32. The van der Waals surface area contributed by atoms with Crippen molar-refractivity contribution < 1.29 is 9.90 Å². The third kappa shape index (κ3) is 6.29. The number of benzene rings is 1. The molecule has 0 saturated carbocycles. The Morgan fingerprint density at radius 3 is 2.70 bits per heavy atom. The van der Waals surface area contributed by atoms with Gasteiger partial charge in [-0.3, -0.25) is 0 Å². The molecule has 20 heavy (non-hydrogen) atoms. The molecular formula is C13H21IN4O2. The first-order valence-electron chi connectivity index (χ1n) is 6.48. The molecule has 6 nitrogen and oxygen atoms in total. The summed E-state index contributed by atoms with van der Waals surface area (Å²) in [7, 11) is 0. The largest absolute Gasteiger partial charge is 0.465 e. The van der Waals surface area contributed by atoms with Crippen molar-refractivity contribution in [2.75, 3.05) is 41.8 Å². The van der Waals surface area contributed by atoms with Crippen molar-refractivity contribution in [2.24, 2.45) is 0 Å². The van der Waals surface area contributed by atoms with Gasteiger partial charge in [0.15, 0.2) is 0 Å². The van der Waals surface area contributed by atoms with Crippen LogP contribution in [-0.4, -0.2) is 46.8 Å². The van der Waals surface area contributed by atoms with Crippen molar-refractivity contribution in [3.63, 3.8) is 0 Å². The zero-order valence-corrected chi connectivity index (χ0v) is 13.5. The van der Waals surface area contributed by atoms with Gasteiger partial charge in [0, 0.05) is 24.2 Å². The second-order valence-electron chi connectivity index (χ2n) is 4.27. The van der Waals surface area contributed by atoms with Crippen LogP contribution in [-0.2, 0) is 0 Å². The van der Waals surface area contributed by atoms with Crippen LogP contribution in [0, 0.1) is 0 Å². The third-order valence-electron chi connectivity index (χ3n) is 2.80. The molecule has 0 bridgehead atoms. The number of carboxylic acid groups (broad SMARTS) is 1. The average Bonchev–Trinajstić information content (AvgIpc) is 2.43. The van der Waals surface area contributed by atoms with Crippen LogP contribution in [0.1, 0.15) is 6.42 Å². The van der Waals surface area contributed by atoms with Crippen molar-refractivity contribution >= 4 is 40.1 Å². The van der Waals surface area contributed by atoms with Crippen molar-refractivity contribution in [2.45, 2.75) is 6.42 Å². The Kier molecular flexibility index (Phi) is 8.12. The molecule has 0 saturated heterocycles. The molecule has 7 heteroatoms. The first kappa shape index (κ1) is 16.8. The number of alkyl halides is 1. The highest BCUT2D eigenvalue weighted by Gasteiger charge is 2.10. The molecule has 0 atom stereocenters. The second-order valence-corrected chi connectivity index (χ2v) is 5.03. The number of hydrogen-bond donors (Lipinski definition) is 4. The van der Waals surface area contributed by atoms with Gasteiger partial charge in [-0.2, -0.15) is 0 Å². The molecule has 0 aliphatic rings. The van der Waals surface area contributed by atoms with Crippen molar-refractivity contribution in [3.05, 3.63) is 24.3 Å². The molecule has 0 aliphatic heterocycles. The maximum atomic E-state index is 11.1. The van der Waals surface area contributed by atoms with Gasteiger partial charge in [0.25, 0.3) is 0 Å². The number of rotatable bonds is 9. The fourth-order valence-corrected chi connectivity index (χ4v) is 2.13. The molecule has 0 unspecified atom stereocenters. The van der Waals surface area contributed by atoms with E-state index in [1.165, 1.54) is 4.90 Å². The summed E-state index contributed by atoms with van der Waals surface area (Å²) in [5.74, 6) is 0. The van der Waals surface area contributed by atoms with Crippen LogP contribution >= 0.6 is 22.6 Å². The minimum absolute atomic E-state index is 0.438. The minimum Gasteiger partial charge on any atom is -0.465 e. The number of halogens is 1. The summed E-state index contributed by atoms with van der Waals surface area (Å²) in [5, 5.41) is 15.5. The van der Waals surface area contributed by atoms with Crippen molar-refractivity contribution in [1.29, 1.82) is 0 Å². The fourth-order valence-electron chi connectivity index (χ4n) is 1.75. The molecule has 0 heterocycles. The van der Waals surface area contributed by atoms with Crippen LogP contribution in [0.4, 0.5) is 16.2 Å². The van der Waals surface area contributed by atoms with Gasteiger partial charge in [0.05, 0.1) is 11.4 Å². The predicted molar refractivity (Wildman–Crippen MR) is 90.4 cm³/mol. The molecule has 0 spiro atoms. The highest BCUT2D eigenvalue weighted by Crippen LogP contribution is 2.15. The maximum Gasteiger partial charge on any atom is 0.407 e. The lowest BCUT2D eigenvalue weighted by molar-refractivity contribution is 0.146. The van der Waals surface area contributed by atoms with Gasteiger partial charge >= 0.3 is 6.09 Å². The first-order chi connectivity index (χ1) is 9.65. The average molecular weight is 392 g/mol. The number of nitrogens with two attached hydrogens (primary N) is 1. The van der Waals surface area contributed by atoms with Gasteiger partial charge in [-0.25, -0.2) is 4.79 Å². The highest BCUT2D eigenvalue weighted by molar-refractivity contribution is 14.1. The van der Waals surface area contributed by atoms with Crippen LogP contribution in [0.15, 0.2) is 24.3 Å². The standard InChI is InChI=1S/C13H21IN4O2/c14-10-16-6-3-8-18(13(19)20)9-7-17-12-5-2-1-4-11(12)15/h1-2,4-5,16-17H,3,6-10,15H2,(H,19,20). The monoisotopic (exact) mass is 392 g/mol. The molecule has 1 aromatic carbocycles.